The van der Waals surface area contributed by atoms with E-state index < -0.39 is 29.2 Å². The molecule has 0 fully saturated rings. The van der Waals surface area contributed by atoms with E-state index in [-0.39, 0.29) is 5.75 Å². The molecule has 7 heteroatoms. The SMILES string of the molecule is CCCS(=O)(=O)NCCC(F)(F)F. The van der Waals surface area contributed by atoms with Crippen LogP contribution in [-0.2, 0) is 10.0 Å². The summed E-state index contributed by atoms with van der Waals surface area (Å²) >= 11 is 0. The molecule has 0 heterocycles. The van der Waals surface area contributed by atoms with Gasteiger partial charge in [0.2, 0.25) is 10.0 Å². The lowest BCUT2D eigenvalue weighted by Crippen LogP contribution is -2.29. The molecule has 3 nitrogen and oxygen atoms in total. The van der Waals surface area contributed by atoms with Gasteiger partial charge in [-0.2, -0.15) is 13.2 Å². The quantitative estimate of drug-likeness (QED) is 0.756. The van der Waals surface area contributed by atoms with Crippen molar-refractivity contribution in [1.29, 1.82) is 0 Å². The van der Waals surface area contributed by atoms with Gasteiger partial charge in [0.15, 0.2) is 0 Å². The lowest BCUT2D eigenvalue weighted by atomic mass is 10.4. The summed E-state index contributed by atoms with van der Waals surface area (Å²) in [5, 5.41) is 0. The van der Waals surface area contributed by atoms with Crippen molar-refractivity contribution in [2.75, 3.05) is 12.3 Å². The molecule has 0 aliphatic heterocycles. The van der Waals surface area contributed by atoms with Crippen molar-refractivity contribution < 1.29 is 21.6 Å². The van der Waals surface area contributed by atoms with Crippen molar-refractivity contribution in [3.8, 4) is 0 Å². The summed E-state index contributed by atoms with van der Waals surface area (Å²) in [5.41, 5.74) is 0. The first-order valence-electron chi connectivity index (χ1n) is 3.81. The van der Waals surface area contributed by atoms with Crippen LogP contribution >= 0.6 is 0 Å². The molecular formula is C6H12F3NO2S. The van der Waals surface area contributed by atoms with E-state index in [0.29, 0.717) is 6.42 Å². The van der Waals surface area contributed by atoms with Gasteiger partial charge in [-0.3, -0.25) is 0 Å². The van der Waals surface area contributed by atoms with Gasteiger partial charge in [-0.05, 0) is 6.42 Å². The van der Waals surface area contributed by atoms with Crippen molar-refractivity contribution in [2.45, 2.75) is 25.9 Å². The second-order valence-electron chi connectivity index (χ2n) is 2.58. The van der Waals surface area contributed by atoms with Gasteiger partial charge in [0.25, 0.3) is 0 Å². The number of rotatable bonds is 5. The van der Waals surface area contributed by atoms with Crippen molar-refractivity contribution in [3.63, 3.8) is 0 Å². The van der Waals surface area contributed by atoms with E-state index in [1.54, 1.807) is 6.92 Å². The first kappa shape index (κ1) is 12.7. The second-order valence-corrected chi connectivity index (χ2v) is 4.50. The maximum absolute atomic E-state index is 11.6. The molecule has 0 aromatic heterocycles. The maximum Gasteiger partial charge on any atom is 0.390 e. The highest BCUT2D eigenvalue weighted by atomic mass is 32.2. The first-order chi connectivity index (χ1) is 5.77. The fourth-order valence-corrected chi connectivity index (χ4v) is 1.78. The Morgan fingerprint density at radius 2 is 1.85 bits per heavy atom. The van der Waals surface area contributed by atoms with Crippen molar-refractivity contribution in [2.24, 2.45) is 0 Å². The summed E-state index contributed by atoms with van der Waals surface area (Å²) in [6, 6.07) is 0. The number of hydrogen-bond acceptors (Lipinski definition) is 2. The topological polar surface area (TPSA) is 46.2 Å². The minimum Gasteiger partial charge on any atom is -0.215 e. The average Bonchev–Trinajstić information content (AvgIpc) is 1.82. The molecule has 0 aromatic rings. The van der Waals surface area contributed by atoms with Crippen molar-refractivity contribution in [3.05, 3.63) is 0 Å². The predicted molar refractivity (Wildman–Crippen MR) is 42.8 cm³/mol. The van der Waals surface area contributed by atoms with Gasteiger partial charge in [0, 0.05) is 6.54 Å². The number of hydrogen-bond donors (Lipinski definition) is 1. The standard InChI is InChI=1S/C6H12F3NO2S/c1-2-5-13(11,12)10-4-3-6(7,8)9/h10H,2-5H2,1H3. The van der Waals surface area contributed by atoms with Crippen LogP contribution in [0.15, 0.2) is 0 Å². The van der Waals surface area contributed by atoms with Crippen LogP contribution < -0.4 is 4.72 Å². The average molecular weight is 219 g/mol. The van der Waals surface area contributed by atoms with E-state index >= 15 is 0 Å². The van der Waals surface area contributed by atoms with E-state index in [9.17, 15) is 21.6 Å². The molecule has 0 saturated carbocycles. The largest absolute Gasteiger partial charge is 0.390 e. The van der Waals surface area contributed by atoms with Crippen LogP contribution in [0.2, 0.25) is 0 Å². The van der Waals surface area contributed by atoms with Crippen molar-refractivity contribution >= 4 is 10.0 Å². The Morgan fingerprint density at radius 1 is 1.31 bits per heavy atom. The molecule has 0 unspecified atom stereocenters. The van der Waals surface area contributed by atoms with Gasteiger partial charge in [0.1, 0.15) is 0 Å². The van der Waals surface area contributed by atoms with Gasteiger partial charge >= 0.3 is 6.18 Å². The molecular weight excluding hydrogens is 207 g/mol. The second kappa shape index (κ2) is 4.80. The fraction of sp³-hybridized carbons (Fsp3) is 1.00. The molecule has 13 heavy (non-hydrogen) atoms. The lowest BCUT2D eigenvalue weighted by molar-refractivity contribution is -0.132. The molecule has 0 atom stereocenters. The zero-order valence-electron chi connectivity index (χ0n) is 7.19. The minimum atomic E-state index is -4.31. The number of nitrogens with one attached hydrogen (secondary N) is 1. The third-order valence-corrected chi connectivity index (χ3v) is 2.79. The number of halogens is 3. The smallest absolute Gasteiger partial charge is 0.215 e. The molecule has 80 valence electrons. The third kappa shape index (κ3) is 8.04. The Morgan fingerprint density at radius 3 is 2.23 bits per heavy atom. The molecule has 0 aliphatic rings. The van der Waals surface area contributed by atoms with Crippen LogP contribution in [0.1, 0.15) is 19.8 Å². The van der Waals surface area contributed by atoms with Crippen LogP contribution in [-0.4, -0.2) is 26.9 Å². The number of sulfonamides is 1. The van der Waals surface area contributed by atoms with E-state index in [2.05, 4.69) is 0 Å². The Balaban J connectivity index is 3.77. The lowest BCUT2D eigenvalue weighted by Gasteiger charge is -2.07. The minimum absolute atomic E-state index is 0.134. The Hall–Kier alpha value is -0.300. The summed E-state index contributed by atoms with van der Waals surface area (Å²) in [6.45, 7) is 1.06. The molecule has 0 bridgehead atoms. The first-order valence-corrected chi connectivity index (χ1v) is 5.46. The normalized spacial score (nSPS) is 13.2. The monoisotopic (exact) mass is 219 g/mol. The summed E-state index contributed by atoms with van der Waals surface area (Å²) in [5.74, 6) is -0.134. The molecule has 0 saturated heterocycles. The van der Waals surface area contributed by atoms with E-state index in [4.69, 9.17) is 0 Å². The van der Waals surface area contributed by atoms with Crippen LogP contribution in [0.4, 0.5) is 13.2 Å². The summed E-state index contributed by atoms with van der Waals surface area (Å²) in [6.07, 6.45) is -5.05. The molecule has 0 aliphatic carbocycles. The van der Waals surface area contributed by atoms with E-state index in [1.165, 1.54) is 0 Å². The molecule has 0 amide bonds. The maximum atomic E-state index is 11.6. The van der Waals surface area contributed by atoms with E-state index in [1.807, 2.05) is 4.72 Å². The zero-order chi connectivity index (χ0) is 10.5. The van der Waals surface area contributed by atoms with Gasteiger partial charge in [-0.15, -0.1) is 0 Å². The fourth-order valence-electron chi connectivity index (χ4n) is 0.689. The van der Waals surface area contributed by atoms with Crippen LogP contribution in [0.3, 0.4) is 0 Å². The van der Waals surface area contributed by atoms with Crippen LogP contribution in [0.5, 0.6) is 0 Å². The predicted octanol–water partition coefficient (Wildman–Crippen LogP) is 1.27. The van der Waals surface area contributed by atoms with Gasteiger partial charge < -0.3 is 0 Å². The van der Waals surface area contributed by atoms with Gasteiger partial charge in [0.05, 0.1) is 12.2 Å². The summed E-state index contributed by atoms with van der Waals surface area (Å²) in [7, 11) is -3.50. The Bertz CT molecular complexity index is 235. The van der Waals surface area contributed by atoms with Crippen LogP contribution in [0.25, 0.3) is 0 Å². The highest BCUT2D eigenvalue weighted by Crippen LogP contribution is 2.18. The Kier molecular flexibility index (Phi) is 4.69. The van der Waals surface area contributed by atoms with Crippen molar-refractivity contribution in [1.82, 2.24) is 4.72 Å². The molecule has 1 N–H and O–H groups in total. The van der Waals surface area contributed by atoms with E-state index in [0.717, 1.165) is 0 Å². The molecule has 0 aromatic carbocycles. The third-order valence-electron chi connectivity index (χ3n) is 1.20. The highest BCUT2D eigenvalue weighted by molar-refractivity contribution is 7.89. The molecule has 0 rings (SSSR count). The Labute approximate surface area is 75.4 Å². The highest BCUT2D eigenvalue weighted by Gasteiger charge is 2.27. The van der Waals surface area contributed by atoms with Crippen LogP contribution in [0, 0.1) is 0 Å². The summed E-state index contributed by atoms with van der Waals surface area (Å²) in [4.78, 5) is 0. The van der Waals surface area contributed by atoms with Gasteiger partial charge in [-0.1, -0.05) is 6.92 Å². The molecule has 0 radical (unpaired) electrons. The van der Waals surface area contributed by atoms with Gasteiger partial charge in [-0.25, -0.2) is 13.1 Å². The zero-order valence-corrected chi connectivity index (χ0v) is 8.00. The number of alkyl halides is 3. The molecule has 0 spiro atoms. The summed E-state index contributed by atoms with van der Waals surface area (Å²) < 4.78 is 58.3.